The van der Waals surface area contributed by atoms with Crippen molar-refractivity contribution in [3.05, 3.63) is 0 Å². The molecule has 114 valence electrons. The summed E-state index contributed by atoms with van der Waals surface area (Å²) in [5.74, 6) is -1.00. The summed E-state index contributed by atoms with van der Waals surface area (Å²) in [6, 6.07) is -0.958. The van der Waals surface area contributed by atoms with Gasteiger partial charge in [0.15, 0.2) is 6.04 Å². The lowest BCUT2D eigenvalue weighted by atomic mass is 10.2. The largest absolute Gasteiger partial charge is 0.480 e. The zero-order chi connectivity index (χ0) is 14.7. The quantitative estimate of drug-likeness (QED) is 0.729. The minimum atomic E-state index is -1.00. The van der Waals surface area contributed by atoms with E-state index in [4.69, 9.17) is 4.74 Å². The highest BCUT2D eigenvalue weighted by atomic mass is 16.5. The van der Waals surface area contributed by atoms with Gasteiger partial charge in [0.2, 0.25) is 0 Å². The first-order valence-corrected chi connectivity index (χ1v) is 7.07. The van der Waals surface area contributed by atoms with Gasteiger partial charge in [0.1, 0.15) is 0 Å². The first-order chi connectivity index (χ1) is 9.50. The van der Waals surface area contributed by atoms with Gasteiger partial charge in [0.05, 0.1) is 13.2 Å². The van der Waals surface area contributed by atoms with Crippen molar-refractivity contribution in [3.63, 3.8) is 0 Å². The van der Waals surface area contributed by atoms with Crippen LogP contribution in [0.4, 0.5) is 4.79 Å². The zero-order valence-corrected chi connectivity index (χ0v) is 12.1. The maximum Gasteiger partial charge on any atom is 0.328 e. The van der Waals surface area contributed by atoms with Crippen LogP contribution in [-0.2, 0) is 9.53 Å². The Bertz CT molecular complexity index is 377. The van der Waals surface area contributed by atoms with E-state index < -0.39 is 12.0 Å². The Morgan fingerprint density at radius 2 is 1.95 bits per heavy atom. The first kappa shape index (κ1) is 15.1. The summed E-state index contributed by atoms with van der Waals surface area (Å²) in [5, 5.41) is 9.22. The Kier molecular flexibility index (Phi) is 4.82. The number of amides is 2. The van der Waals surface area contributed by atoms with Gasteiger partial charge in [0.25, 0.3) is 0 Å². The fourth-order valence-corrected chi connectivity index (χ4v) is 2.86. The molecule has 2 aliphatic heterocycles. The second kappa shape index (κ2) is 6.41. The number of hydrogen-bond donors (Lipinski definition) is 1. The minimum absolute atomic E-state index is 0.0726. The van der Waals surface area contributed by atoms with E-state index >= 15 is 0 Å². The van der Waals surface area contributed by atoms with Gasteiger partial charge in [-0.3, -0.25) is 0 Å². The lowest BCUT2D eigenvalue weighted by molar-refractivity contribution is -0.147. The summed E-state index contributed by atoms with van der Waals surface area (Å²) in [6.07, 6.45) is 0.911. The molecule has 0 aromatic rings. The number of nitrogens with zero attached hydrogens (tertiary/aromatic N) is 3. The van der Waals surface area contributed by atoms with Crippen LogP contribution in [0.1, 0.15) is 13.3 Å². The smallest absolute Gasteiger partial charge is 0.328 e. The summed E-state index contributed by atoms with van der Waals surface area (Å²) in [4.78, 5) is 29.3. The fourth-order valence-electron chi connectivity index (χ4n) is 2.86. The summed E-state index contributed by atoms with van der Waals surface area (Å²) < 4.78 is 5.18. The number of likely N-dealkylation sites (N-methyl/N-ethyl adjacent to an activating group) is 1. The Balaban J connectivity index is 2.09. The lowest BCUT2D eigenvalue weighted by Gasteiger charge is -2.38. The van der Waals surface area contributed by atoms with Crippen LogP contribution in [0.15, 0.2) is 0 Å². The molecule has 2 aliphatic rings. The number of carboxylic acid groups (broad SMARTS) is 1. The molecular formula is C13H23N3O4. The number of urea groups is 1. The second-order valence-electron chi connectivity index (χ2n) is 5.56. The Labute approximate surface area is 119 Å². The molecule has 0 aromatic heterocycles. The third-order valence-electron chi connectivity index (χ3n) is 3.95. The number of morpholine rings is 1. The third-order valence-corrected chi connectivity index (χ3v) is 3.95. The number of carbonyl (C=O) groups is 2. The molecule has 2 amide bonds. The first-order valence-electron chi connectivity index (χ1n) is 7.07. The van der Waals surface area contributed by atoms with Crippen LogP contribution in [0.2, 0.25) is 0 Å². The second-order valence-corrected chi connectivity index (χ2v) is 5.56. The maximum atomic E-state index is 12.7. The summed E-state index contributed by atoms with van der Waals surface area (Å²) in [6.45, 7) is 5.27. The summed E-state index contributed by atoms with van der Waals surface area (Å²) in [5.41, 5.74) is 0. The molecule has 0 radical (unpaired) electrons. The van der Waals surface area contributed by atoms with E-state index in [1.807, 2.05) is 14.0 Å². The van der Waals surface area contributed by atoms with E-state index in [0.29, 0.717) is 19.7 Å². The van der Waals surface area contributed by atoms with Crippen molar-refractivity contribution in [2.45, 2.75) is 25.4 Å². The number of ether oxygens (including phenoxy) is 1. The molecular weight excluding hydrogens is 262 g/mol. The molecule has 7 nitrogen and oxygen atoms in total. The van der Waals surface area contributed by atoms with E-state index in [9.17, 15) is 14.7 Å². The molecule has 0 saturated carbocycles. The molecule has 2 rings (SSSR count). The van der Waals surface area contributed by atoms with Crippen LogP contribution in [-0.4, -0.2) is 90.3 Å². The standard InChI is InChI=1S/C13H23N3O4/c1-10-8-14(2)4-3-5-15(10)13(19)16-6-7-20-9-11(16)12(17)18/h10-11H,3-9H2,1-2H3,(H,17,18). The molecule has 2 fully saturated rings. The molecule has 2 atom stereocenters. The van der Waals surface area contributed by atoms with Gasteiger partial charge in [-0.1, -0.05) is 0 Å². The van der Waals surface area contributed by atoms with Gasteiger partial charge in [0, 0.05) is 25.7 Å². The molecule has 0 aromatic carbocycles. The van der Waals surface area contributed by atoms with Gasteiger partial charge < -0.3 is 24.5 Å². The monoisotopic (exact) mass is 285 g/mol. The Morgan fingerprint density at radius 1 is 1.20 bits per heavy atom. The number of hydrogen-bond acceptors (Lipinski definition) is 4. The molecule has 1 N–H and O–H groups in total. The fraction of sp³-hybridized carbons (Fsp3) is 0.846. The Hall–Kier alpha value is -1.34. The average molecular weight is 285 g/mol. The predicted molar refractivity (Wildman–Crippen MR) is 72.6 cm³/mol. The molecule has 0 aliphatic carbocycles. The van der Waals surface area contributed by atoms with Crippen molar-refractivity contribution in [2.24, 2.45) is 0 Å². The normalized spacial score (nSPS) is 29.1. The van der Waals surface area contributed by atoms with E-state index in [2.05, 4.69) is 4.90 Å². The topological polar surface area (TPSA) is 73.3 Å². The highest BCUT2D eigenvalue weighted by molar-refractivity contribution is 5.83. The lowest BCUT2D eigenvalue weighted by Crippen LogP contribution is -2.58. The molecule has 0 bridgehead atoms. The molecule has 20 heavy (non-hydrogen) atoms. The van der Waals surface area contributed by atoms with Crippen molar-refractivity contribution in [1.29, 1.82) is 0 Å². The number of carbonyl (C=O) groups excluding carboxylic acids is 1. The van der Waals surface area contributed by atoms with Gasteiger partial charge in [-0.15, -0.1) is 0 Å². The highest BCUT2D eigenvalue weighted by Gasteiger charge is 2.36. The van der Waals surface area contributed by atoms with E-state index in [1.54, 1.807) is 4.90 Å². The van der Waals surface area contributed by atoms with Gasteiger partial charge in [-0.25, -0.2) is 9.59 Å². The minimum Gasteiger partial charge on any atom is -0.480 e. The van der Waals surface area contributed by atoms with Crippen molar-refractivity contribution < 1.29 is 19.4 Å². The summed E-state index contributed by atoms with van der Waals surface area (Å²) in [7, 11) is 2.04. The molecule has 2 heterocycles. The van der Waals surface area contributed by atoms with Crippen LogP contribution < -0.4 is 0 Å². The number of aliphatic carboxylic acids is 1. The summed E-state index contributed by atoms with van der Waals surface area (Å²) >= 11 is 0. The molecule has 2 unspecified atom stereocenters. The van der Waals surface area contributed by atoms with Crippen molar-refractivity contribution in [1.82, 2.24) is 14.7 Å². The predicted octanol–water partition coefficient (Wildman–Crippen LogP) is -0.0822. The number of rotatable bonds is 1. The van der Waals surface area contributed by atoms with Crippen molar-refractivity contribution in [3.8, 4) is 0 Å². The van der Waals surface area contributed by atoms with Gasteiger partial charge in [-0.05, 0) is 26.9 Å². The SMILES string of the molecule is CC1CN(C)CCCN1C(=O)N1CCOCC1C(=O)O. The average Bonchev–Trinajstić information content (AvgIpc) is 2.58. The van der Waals surface area contributed by atoms with Crippen LogP contribution in [0.25, 0.3) is 0 Å². The van der Waals surface area contributed by atoms with Crippen LogP contribution in [0.3, 0.4) is 0 Å². The molecule has 2 saturated heterocycles. The van der Waals surface area contributed by atoms with E-state index in [0.717, 1.165) is 19.5 Å². The Morgan fingerprint density at radius 3 is 2.65 bits per heavy atom. The number of carboxylic acids is 1. The third kappa shape index (κ3) is 3.21. The zero-order valence-electron chi connectivity index (χ0n) is 12.1. The highest BCUT2D eigenvalue weighted by Crippen LogP contribution is 2.16. The van der Waals surface area contributed by atoms with E-state index in [-0.39, 0.29) is 18.7 Å². The van der Waals surface area contributed by atoms with Crippen LogP contribution in [0.5, 0.6) is 0 Å². The molecule has 7 heteroatoms. The van der Waals surface area contributed by atoms with E-state index in [1.165, 1.54) is 4.90 Å². The molecule has 0 spiro atoms. The van der Waals surface area contributed by atoms with Crippen molar-refractivity contribution in [2.75, 3.05) is 46.4 Å². The van der Waals surface area contributed by atoms with Crippen LogP contribution >= 0.6 is 0 Å². The van der Waals surface area contributed by atoms with Gasteiger partial charge >= 0.3 is 12.0 Å². The van der Waals surface area contributed by atoms with Crippen molar-refractivity contribution >= 4 is 12.0 Å². The maximum absolute atomic E-state index is 12.7. The van der Waals surface area contributed by atoms with Gasteiger partial charge in [-0.2, -0.15) is 0 Å². The van der Waals surface area contributed by atoms with Crippen LogP contribution in [0, 0.1) is 0 Å².